The van der Waals surface area contributed by atoms with Crippen LogP contribution in [-0.4, -0.2) is 45.6 Å². The van der Waals surface area contributed by atoms with Crippen LogP contribution in [0.15, 0.2) is 54.3 Å². The summed E-state index contributed by atoms with van der Waals surface area (Å²) in [5.74, 6) is 0.402. The molecule has 0 bridgehead atoms. The number of nitrogens with zero attached hydrogens (tertiary/aromatic N) is 2. The van der Waals surface area contributed by atoms with Crippen molar-refractivity contribution in [2.45, 2.75) is 25.3 Å². The number of fused-ring (bicyclic) bond motifs is 1. The van der Waals surface area contributed by atoms with Gasteiger partial charge in [0.2, 0.25) is 5.91 Å². The molecule has 4 N–H and O–H groups in total. The van der Waals surface area contributed by atoms with Crippen LogP contribution < -0.4 is 20.1 Å². The molecule has 190 valence electrons. The van der Waals surface area contributed by atoms with E-state index in [0.29, 0.717) is 33.6 Å². The number of aromatic nitrogens is 3. The molecule has 3 aromatic heterocycles. The minimum absolute atomic E-state index is 0.0907. The molecule has 0 radical (unpaired) electrons. The number of H-pyrrole nitrogens is 1. The number of rotatable bonds is 8. The van der Waals surface area contributed by atoms with E-state index in [2.05, 4.69) is 25.6 Å². The third-order valence-electron chi connectivity index (χ3n) is 6.26. The van der Waals surface area contributed by atoms with Crippen LogP contribution in [0.3, 0.4) is 0 Å². The fourth-order valence-electron chi connectivity index (χ4n) is 4.46. The molecule has 11 heteroatoms. The molecule has 37 heavy (non-hydrogen) atoms. The van der Waals surface area contributed by atoms with Gasteiger partial charge in [-0.05, 0) is 54.8 Å². The fraction of sp³-hybridized carbons (Fsp3) is 0.231. The molecular formula is C26H25N5O5S. The first-order chi connectivity index (χ1) is 17.8. The zero-order valence-corrected chi connectivity index (χ0v) is 21.0. The summed E-state index contributed by atoms with van der Waals surface area (Å²) >= 11 is 1.37. The zero-order valence-electron chi connectivity index (χ0n) is 20.2. The van der Waals surface area contributed by atoms with Gasteiger partial charge < -0.3 is 30.2 Å². The van der Waals surface area contributed by atoms with E-state index in [0.717, 1.165) is 24.1 Å². The minimum Gasteiger partial charge on any atom is -0.493 e. The van der Waals surface area contributed by atoms with Gasteiger partial charge in [0.05, 0.1) is 19.0 Å². The van der Waals surface area contributed by atoms with Crippen LogP contribution in [0.5, 0.6) is 17.2 Å². The van der Waals surface area contributed by atoms with Gasteiger partial charge >= 0.3 is 5.97 Å². The summed E-state index contributed by atoms with van der Waals surface area (Å²) in [7, 11) is 1.59. The molecule has 0 spiro atoms. The van der Waals surface area contributed by atoms with Gasteiger partial charge in [-0.1, -0.05) is 0 Å². The second-order valence-electron chi connectivity index (χ2n) is 8.82. The van der Waals surface area contributed by atoms with E-state index < -0.39 is 11.5 Å². The highest BCUT2D eigenvalue weighted by molar-refractivity contribution is 7.13. The van der Waals surface area contributed by atoms with Crippen molar-refractivity contribution in [2.75, 3.05) is 19.0 Å². The summed E-state index contributed by atoms with van der Waals surface area (Å²) < 4.78 is 11.8. The van der Waals surface area contributed by atoms with Gasteiger partial charge in [0, 0.05) is 41.8 Å². The van der Waals surface area contributed by atoms with Crippen LogP contribution in [0, 0.1) is 0 Å². The number of carboxylic acid groups (broad SMARTS) is 1. The number of thiazole rings is 1. The average Bonchev–Trinajstić information content (AvgIpc) is 3.57. The number of methoxy groups -OCH3 is 1. The normalized spacial score (nSPS) is 16.6. The zero-order chi connectivity index (χ0) is 26.0. The van der Waals surface area contributed by atoms with Gasteiger partial charge in [-0.3, -0.25) is 9.78 Å². The quantitative estimate of drug-likeness (QED) is 0.268. The van der Waals surface area contributed by atoms with Gasteiger partial charge in [-0.15, -0.1) is 11.3 Å². The number of carboxylic acids is 1. The number of pyridine rings is 1. The molecule has 0 saturated carbocycles. The first kappa shape index (κ1) is 24.5. The number of anilines is 1. The summed E-state index contributed by atoms with van der Waals surface area (Å²) in [6.07, 6.45) is 5.83. The Morgan fingerprint density at radius 1 is 1.22 bits per heavy atom. The van der Waals surface area contributed by atoms with E-state index in [9.17, 15) is 9.59 Å². The second kappa shape index (κ2) is 10.0. The van der Waals surface area contributed by atoms with Crippen LogP contribution >= 0.6 is 11.3 Å². The molecule has 5 rings (SSSR count). The highest BCUT2D eigenvalue weighted by atomic mass is 32.1. The molecule has 0 saturated heterocycles. The topological polar surface area (TPSA) is 138 Å². The van der Waals surface area contributed by atoms with Crippen molar-refractivity contribution in [3.05, 3.63) is 71.1 Å². The van der Waals surface area contributed by atoms with Gasteiger partial charge in [-0.2, -0.15) is 0 Å². The Bertz CT molecular complexity index is 1430. The number of amides is 1. The number of carbonyl (C=O) groups is 2. The molecule has 10 nitrogen and oxygen atoms in total. The monoisotopic (exact) mass is 519 g/mol. The minimum atomic E-state index is -1.03. The summed E-state index contributed by atoms with van der Waals surface area (Å²) in [5, 5.41) is 17.9. The predicted octanol–water partition coefficient (Wildman–Crippen LogP) is 4.42. The average molecular weight is 520 g/mol. The Hall–Kier alpha value is -4.22. The van der Waals surface area contributed by atoms with Crippen molar-refractivity contribution in [1.82, 2.24) is 20.3 Å². The summed E-state index contributed by atoms with van der Waals surface area (Å²) in [4.78, 5) is 35.2. The van der Waals surface area contributed by atoms with E-state index in [-0.39, 0.29) is 18.0 Å². The number of hydrogen-bond acceptors (Lipinski definition) is 8. The summed E-state index contributed by atoms with van der Waals surface area (Å²) in [5.41, 5.74) is 2.79. The Balaban J connectivity index is 1.39. The van der Waals surface area contributed by atoms with Crippen LogP contribution in [0.25, 0.3) is 11.3 Å². The molecular weight excluding hydrogens is 494 g/mol. The Labute approximate surface area is 216 Å². The smallest absolute Gasteiger partial charge is 0.352 e. The standard InChI is InChI=1S/C26H25N5O5S/c1-26(12-23(32)31-25-27-7-8-37-25)18-11-22(21(35-2)10-15(18)5-6-30-26)36-17-3-4-19(29-14-17)16-9-20(24(33)34)28-13-16/h3-4,7-11,13-14,28,30H,5-6,12H2,1-2H3,(H,33,34)(H,27,31,32). The van der Waals surface area contributed by atoms with Crippen LogP contribution in [0.4, 0.5) is 5.13 Å². The lowest BCUT2D eigenvalue weighted by atomic mass is 9.81. The molecule has 1 atom stereocenters. The van der Waals surface area contributed by atoms with E-state index >= 15 is 0 Å². The molecule has 4 aromatic rings. The van der Waals surface area contributed by atoms with E-state index in [1.54, 1.807) is 37.8 Å². The van der Waals surface area contributed by atoms with Gasteiger partial charge in [0.1, 0.15) is 11.4 Å². The molecule has 4 heterocycles. The van der Waals surface area contributed by atoms with Crippen molar-refractivity contribution in [1.29, 1.82) is 0 Å². The number of hydrogen-bond donors (Lipinski definition) is 4. The maximum atomic E-state index is 12.8. The molecule has 0 aliphatic carbocycles. The Kier molecular flexibility index (Phi) is 6.64. The molecule has 1 aromatic carbocycles. The molecule has 1 aliphatic rings. The van der Waals surface area contributed by atoms with Crippen LogP contribution in [0.1, 0.15) is 35.0 Å². The number of benzene rings is 1. The first-order valence-corrected chi connectivity index (χ1v) is 12.4. The first-order valence-electron chi connectivity index (χ1n) is 11.6. The number of carbonyl (C=O) groups excluding carboxylic acids is 1. The third kappa shape index (κ3) is 5.18. The number of ether oxygens (including phenoxy) is 2. The SMILES string of the molecule is COc1cc2c(cc1Oc1ccc(-c3c[nH]c(C(=O)O)c3)nc1)C(C)(CC(=O)Nc1nccs1)NCC2. The third-order valence-corrected chi connectivity index (χ3v) is 6.95. The van der Waals surface area contributed by atoms with E-state index in [1.807, 2.05) is 24.4 Å². The Morgan fingerprint density at radius 3 is 2.76 bits per heavy atom. The molecule has 1 amide bonds. The lowest BCUT2D eigenvalue weighted by Gasteiger charge is -2.37. The second-order valence-corrected chi connectivity index (χ2v) is 9.71. The number of aromatic amines is 1. The molecule has 1 aliphatic heterocycles. The summed E-state index contributed by atoms with van der Waals surface area (Å²) in [6.45, 7) is 2.73. The molecule has 1 unspecified atom stereocenters. The lowest BCUT2D eigenvalue weighted by molar-refractivity contribution is -0.117. The van der Waals surface area contributed by atoms with Gasteiger partial charge in [0.25, 0.3) is 0 Å². The van der Waals surface area contributed by atoms with Crippen molar-refractivity contribution in [2.24, 2.45) is 0 Å². The van der Waals surface area contributed by atoms with Crippen molar-refractivity contribution in [3.63, 3.8) is 0 Å². The van der Waals surface area contributed by atoms with Crippen molar-refractivity contribution in [3.8, 4) is 28.5 Å². The van der Waals surface area contributed by atoms with Crippen molar-refractivity contribution >= 4 is 28.3 Å². The van der Waals surface area contributed by atoms with Crippen molar-refractivity contribution < 1.29 is 24.2 Å². The maximum Gasteiger partial charge on any atom is 0.352 e. The van der Waals surface area contributed by atoms with E-state index in [1.165, 1.54) is 17.4 Å². The van der Waals surface area contributed by atoms with Gasteiger partial charge in [0.15, 0.2) is 16.6 Å². The highest BCUT2D eigenvalue weighted by Gasteiger charge is 2.35. The highest BCUT2D eigenvalue weighted by Crippen LogP contribution is 2.41. The number of nitrogens with one attached hydrogen (secondary N) is 3. The van der Waals surface area contributed by atoms with Crippen LogP contribution in [0.2, 0.25) is 0 Å². The van der Waals surface area contributed by atoms with Crippen LogP contribution in [-0.2, 0) is 16.8 Å². The predicted molar refractivity (Wildman–Crippen MR) is 138 cm³/mol. The Morgan fingerprint density at radius 2 is 2.08 bits per heavy atom. The fourth-order valence-corrected chi connectivity index (χ4v) is 5.01. The lowest BCUT2D eigenvalue weighted by Crippen LogP contribution is -2.47. The number of aromatic carboxylic acids is 1. The van der Waals surface area contributed by atoms with E-state index in [4.69, 9.17) is 14.6 Å². The summed E-state index contributed by atoms with van der Waals surface area (Å²) in [6, 6.07) is 8.90. The maximum absolute atomic E-state index is 12.8. The van der Waals surface area contributed by atoms with Gasteiger partial charge in [-0.25, -0.2) is 9.78 Å². The molecule has 0 fully saturated rings. The largest absolute Gasteiger partial charge is 0.493 e.